The summed E-state index contributed by atoms with van der Waals surface area (Å²) in [5.41, 5.74) is 1.57. The van der Waals surface area contributed by atoms with Gasteiger partial charge in [-0.05, 0) is 47.2 Å². The molecule has 0 amide bonds. The normalized spacial score (nSPS) is 11.5. The molecule has 0 atom stereocenters. The third kappa shape index (κ3) is 2.82. The van der Waals surface area contributed by atoms with Gasteiger partial charge in [-0.2, -0.15) is 0 Å². The highest BCUT2D eigenvalue weighted by molar-refractivity contribution is 5.96. The number of phenols is 1. The number of aromatic hydroxyl groups is 1. The quantitative estimate of drug-likeness (QED) is 0.858. The van der Waals surface area contributed by atoms with E-state index in [0.29, 0.717) is 22.3 Å². The molecule has 0 radical (unpaired) electrons. The second-order valence-corrected chi connectivity index (χ2v) is 6.39. The summed E-state index contributed by atoms with van der Waals surface area (Å²) in [4.78, 5) is 11.5. The molecule has 0 unspecified atom stereocenters. The smallest absolute Gasteiger partial charge is 0.339 e. The van der Waals surface area contributed by atoms with Crippen LogP contribution in [0.1, 0.15) is 42.3 Å². The molecule has 2 aromatic carbocycles. The summed E-state index contributed by atoms with van der Waals surface area (Å²) in [6.07, 6.45) is 0. The summed E-state index contributed by atoms with van der Waals surface area (Å²) < 4.78 is 13.5. The molecule has 0 bridgehead atoms. The van der Waals surface area contributed by atoms with Crippen LogP contribution in [0.3, 0.4) is 0 Å². The molecule has 0 aromatic heterocycles. The second kappa shape index (κ2) is 5.44. The number of benzene rings is 2. The Hall–Kier alpha value is -2.36. The van der Waals surface area contributed by atoms with Gasteiger partial charge in [0.15, 0.2) is 0 Å². The Bertz CT molecular complexity index is 743. The lowest BCUT2D eigenvalue weighted by Crippen LogP contribution is -2.15. The van der Waals surface area contributed by atoms with Gasteiger partial charge in [-0.25, -0.2) is 9.18 Å². The fraction of sp³-hybridized carbons (Fsp3) is 0.278. The molecule has 0 aliphatic carbocycles. The summed E-state index contributed by atoms with van der Waals surface area (Å²) in [6.45, 7) is 7.28. The van der Waals surface area contributed by atoms with E-state index in [0.717, 1.165) is 0 Å². The first kappa shape index (κ1) is 16.0. The average molecular weight is 302 g/mol. The molecule has 0 fully saturated rings. The Morgan fingerprint density at radius 1 is 1.18 bits per heavy atom. The number of halogens is 1. The van der Waals surface area contributed by atoms with Gasteiger partial charge in [0.1, 0.15) is 17.1 Å². The summed E-state index contributed by atoms with van der Waals surface area (Å²) >= 11 is 0. The number of hydrogen-bond acceptors (Lipinski definition) is 2. The van der Waals surface area contributed by atoms with E-state index in [1.807, 2.05) is 20.8 Å². The van der Waals surface area contributed by atoms with Gasteiger partial charge < -0.3 is 10.2 Å². The van der Waals surface area contributed by atoms with Crippen LogP contribution in [0.15, 0.2) is 30.3 Å². The SMILES string of the molecule is Cc1c(-c2cccc(F)c2)cc(C(C)(C)C)c(O)c1C(=O)O. The van der Waals surface area contributed by atoms with Gasteiger partial charge in [0.2, 0.25) is 0 Å². The molecule has 0 aliphatic heterocycles. The van der Waals surface area contributed by atoms with E-state index in [1.54, 1.807) is 25.1 Å². The summed E-state index contributed by atoms with van der Waals surface area (Å²) in [7, 11) is 0. The van der Waals surface area contributed by atoms with Crippen molar-refractivity contribution >= 4 is 5.97 Å². The minimum atomic E-state index is -1.20. The predicted octanol–water partition coefficient (Wildman–Crippen LogP) is 4.50. The maximum absolute atomic E-state index is 13.5. The van der Waals surface area contributed by atoms with E-state index in [1.165, 1.54) is 12.1 Å². The Balaban J connectivity index is 2.85. The standard InChI is InChI=1S/C18H19FO3/c1-10-13(11-6-5-7-12(19)8-11)9-14(18(2,3)4)16(20)15(10)17(21)22/h5-9,20H,1-4H3,(H,21,22). The van der Waals surface area contributed by atoms with E-state index in [9.17, 15) is 19.4 Å². The molecule has 4 heteroatoms. The van der Waals surface area contributed by atoms with E-state index in [2.05, 4.69) is 0 Å². The zero-order valence-corrected chi connectivity index (χ0v) is 13.1. The molecule has 2 N–H and O–H groups in total. The Kier molecular flexibility index (Phi) is 3.96. The molecule has 0 heterocycles. The molecule has 2 rings (SSSR count). The van der Waals surface area contributed by atoms with Crippen molar-refractivity contribution in [2.45, 2.75) is 33.1 Å². The van der Waals surface area contributed by atoms with Crippen molar-refractivity contribution in [3.8, 4) is 16.9 Å². The number of carboxylic acids is 1. The Labute approximate surface area is 129 Å². The predicted molar refractivity (Wildman–Crippen MR) is 83.9 cm³/mol. The Morgan fingerprint density at radius 2 is 1.82 bits per heavy atom. The highest BCUT2D eigenvalue weighted by Crippen LogP contribution is 2.40. The molecular formula is C18H19FO3. The lowest BCUT2D eigenvalue weighted by Gasteiger charge is -2.24. The molecule has 22 heavy (non-hydrogen) atoms. The zero-order chi connectivity index (χ0) is 16.7. The molecule has 0 spiro atoms. The third-order valence-electron chi connectivity index (χ3n) is 3.72. The van der Waals surface area contributed by atoms with Crippen LogP contribution < -0.4 is 0 Å². The maximum Gasteiger partial charge on any atom is 0.339 e. The average Bonchev–Trinajstić information content (AvgIpc) is 2.36. The van der Waals surface area contributed by atoms with Gasteiger partial charge in [0.05, 0.1) is 0 Å². The van der Waals surface area contributed by atoms with E-state index in [4.69, 9.17) is 0 Å². The number of carbonyl (C=O) groups is 1. The van der Waals surface area contributed by atoms with Gasteiger partial charge in [0.25, 0.3) is 0 Å². The first-order valence-electron chi connectivity index (χ1n) is 6.99. The largest absolute Gasteiger partial charge is 0.507 e. The fourth-order valence-electron chi connectivity index (χ4n) is 2.56. The Morgan fingerprint density at radius 3 is 2.32 bits per heavy atom. The highest BCUT2D eigenvalue weighted by Gasteiger charge is 2.26. The maximum atomic E-state index is 13.5. The van der Waals surface area contributed by atoms with Crippen LogP contribution in [0.5, 0.6) is 5.75 Å². The fourth-order valence-corrected chi connectivity index (χ4v) is 2.56. The highest BCUT2D eigenvalue weighted by atomic mass is 19.1. The van der Waals surface area contributed by atoms with Gasteiger partial charge in [-0.1, -0.05) is 32.9 Å². The van der Waals surface area contributed by atoms with Gasteiger partial charge in [0, 0.05) is 5.56 Å². The van der Waals surface area contributed by atoms with E-state index in [-0.39, 0.29) is 17.1 Å². The van der Waals surface area contributed by atoms with Crippen LogP contribution >= 0.6 is 0 Å². The lowest BCUT2D eigenvalue weighted by molar-refractivity contribution is 0.0692. The van der Waals surface area contributed by atoms with Crippen molar-refractivity contribution in [3.63, 3.8) is 0 Å². The molecule has 116 valence electrons. The van der Waals surface area contributed by atoms with Crippen LogP contribution in [-0.4, -0.2) is 16.2 Å². The molecule has 2 aromatic rings. The number of carboxylic acid groups (broad SMARTS) is 1. The topological polar surface area (TPSA) is 57.5 Å². The van der Waals surface area contributed by atoms with Crippen LogP contribution in [0, 0.1) is 12.7 Å². The summed E-state index contributed by atoms with van der Waals surface area (Å²) in [6, 6.07) is 7.74. The van der Waals surface area contributed by atoms with Gasteiger partial charge >= 0.3 is 5.97 Å². The van der Waals surface area contributed by atoms with E-state index >= 15 is 0 Å². The zero-order valence-electron chi connectivity index (χ0n) is 13.1. The first-order valence-corrected chi connectivity index (χ1v) is 6.99. The number of rotatable bonds is 2. The summed E-state index contributed by atoms with van der Waals surface area (Å²) in [5.74, 6) is -1.81. The second-order valence-electron chi connectivity index (χ2n) is 6.39. The first-order chi connectivity index (χ1) is 10.1. The minimum absolute atomic E-state index is 0.133. The van der Waals surface area contributed by atoms with Gasteiger partial charge in [-0.15, -0.1) is 0 Å². The van der Waals surface area contributed by atoms with Crippen LogP contribution in [0.2, 0.25) is 0 Å². The lowest BCUT2D eigenvalue weighted by atomic mass is 9.81. The van der Waals surface area contributed by atoms with Crippen molar-refractivity contribution in [3.05, 3.63) is 52.8 Å². The molecule has 0 saturated carbocycles. The van der Waals surface area contributed by atoms with Gasteiger partial charge in [-0.3, -0.25) is 0 Å². The van der Waals surface area contributed by atoms with Crippen molar-refractivity contribution in [1.29, 1.82) is 0 Å². The summed E-state index contributed by atoms with van der Waals surface area (Å²) in [5, 5.41) is 19.8. The monoisotopic (exact) mass is 302 g/mol. The number of aromatic carboxylic acids is 1. The van der Waals surface area contributed by atoms with E-state index < -0.39 is 11.4 Å². The van der Waals surface area contributed by atoms with Crippen LogP contribution in [-0.2, 0) is 5.41 Å². The van der Waals surface area contributed by atoms with Crippen LogP contribution in [0.4, 0.5) is 4.39 Å². The van der Waals surface area contributed by atoms with Crippen LogP contribution in [0.25, 0.3) is 11.1 Å². The molecule has 0 aliphatic rings. The minimum Gasteiger partial charge on any atom is -0.507 e. The number of hydrogen-bond donors (Lipinski definition) is 2. The van der Waals surface area contributed by atoms with Crippen molar-refractivity contribution in [2.75, 3.05) is 0 Å². The molecular weight excluding hydrogens is 283 g/mol. The van der Waals surface area contributed by atoms with Crippen molar-refractivity contribution in [2.24, 2.45) is 0 Å². The third-order valence-corrected chi connectivity index (χ3v) is 3.72. The van der Waals surface area contributed by atoms with Crippen molar-refractivity contribution in [1.82, 2.24) is 0 Å². The molecule has 3 nitrogen and oxygen atoms in total. The van der Waals surface area contributed by atoms with Crippen molar-refractivity contribution < 1.29 is 19.4 Å². The molecule has 0 saturated heterocycles.